The lowest BCUT2D eigenvalue weighted by atomic mass is 10.2. The number of nitrogens with zero attached hydrogens (tertiary/aromatic N) is 1. The molecule has 144 valence electrons. The second-order valence-corrected chi connectivity index (χ2v) is 6.32. The summed E-state index contributed by atoms with van der Waals surface area (Å²) in [6.07, 6.45) is -4.50. The van der Waals surface area contributed by atoms with Crippen LogP contribution in [0.25, 0.3) is 0 Å². The summed E-state index contributed by atoms with van der Waals surface area (Å²) >= 11 is 9.21. The molecule has 0 saturated heterocycles. The number of carbonyl (C=O) groups is 1. The van der Waals surface area contributed by atoms with Gasteiger partial charge in [0.25, 0.3) is 0 Å². The first-order valence-corrected chi connectivity index (χ1v) is 8.51. The molecular formula is C17H13BrClF3N2O3. The van der Waals surface area contributed by atoms with E-state index in [2.05, 4.69) is 26.2 Å². The number of carbonyl (C=O) groups excluding carboxylic acids is 1. The van der Waals surface area contributed by atoms with Crippen molar-refractivity contribution in [1.29, 1.82) is 0 Å². The third-order valence-electron chi connectivity index (χ3n) is 3.27. The molecule has 10 heteroatoms. The Morgan fingerprint density at radius 2 is 1.93 bits per heavy atom. The first-order valence-electron chi connectivity index (χ1n) is 7.34. The van der Waals surface area contributed by atoms with Gasteiger partial charge in [-0.1, -0.05) is 11.6 Å². The number of halogens is 5. The van der Waals surface area contributed by atoms with E-state index >= 15 is 0 Å². The van der Waals surface area contributed by atoms with E-state index in [0.29, 0.717) is 10.0 Å². The zero-order valence-corrected chi connectivity index (χ0v) is 16.4. The van der Waals surface area contributed by atoms with Gasteiger partial charge < -0.3 is 14.8 Å². The summed E-state index contributed by atoms with van der Waals surface area (Å²) in [6, 6.07) is 6.84. The molecule has 2 aromatic rings. The van der Waals surface area contributed by atoms with Gasteiger partial charge in [-0.15, -0.1) is 0 Å². The predicted octanol–water partition coefficient (Wildman–Crippen LogP) is 5.65. The van der Waals surface area contributed by atoms with Crippen LogP contribution in [0.1, 0.15) is 11.1 Å². The molecule has 2 amide bonds. The molecule has 0 atom stereocenters. The van der Waals surface area contributed by atoms with Crippen LogP contribution >= 0.6 is 27.5 Å². The van der Waals surface area contributed by atoms with Gasteiger partial charge in [0.15, 0.2) is 0 Å². The molecule has 2 aromatic carbocycles. The fraction of sp³-hybridized carbons (Fsp3) is 0.176. The van der Waals surface area contributed by atoms with E-state index in [1.54, 1.807) is 12.1 Å². The Morgan fingerprint density at radius 3 is 2.48 bits per heavy atom. The van der Waals surface area contributed by atoms with Gasteiger partial charge in [0, 0.05) is 11.5 Å². The summed E-state index contributed by atoms with van der Waals surface area (Å²) in [7, 11) is 2.76. The van der Waals surface area contributed by atoms with E-state index in [9.17, 15) is 18.0 Å². The van der Waals surface area contributed by atoms with Gasteiger partial charge in [-0.2, -0.15) is 18.2 Å². The van der Waals surface area contributed by atoms with Gasteiger partial charge >= 0.3 is 12.2 Å². The van der Waals surface area contributed by atoms with E-state index in [0.717, 1.165) is 18.2 Å². The molecule has 0 saturated carbocycles. The topological polar surface area (TPSA) is 59.9 Å². The number of methoxy groups -OCH3 is 1. The number of hydrogen-bond acceptors (Lipinski definition) is 3. The van der Waals surface area contributed by atoms with Gasteiger partial charge in [0.2, 0.25) is 5.90 Å². The number of ether oxygens (including phenoxy) is 2. The highest BCUT2D eigenvalue weighted by atomic mass is 79.9. The van der Waals surface area contributed by atoms with Crippen LogP contribution in [0.4, 0.5) is 18.0 Å². The predicted molar refractivity (Wildman–Crippen MR) is 98.7 cm³/mol. The monoisotopic (exact) mass is 464 g/mol. The first kappa shape index (κ1) is 21.0. The van der Waals surface area contributed by atoms with E-state index in [1.807, 2.05) is 0 Å². The van der Waals surface area contributed by atoms with Crippen molar-refractivity contribution in [2.45, 2.75) is 6.18 Å². The Morgan fingerprint density at radius 1 is 1.22 bits per heavy atom. The molecule has 1 N–H and O–H groups in total. The summed E-state index contributed by atoms with van der Waals surface area (Å²) in [5.74, 6) is 0.321. The molecule has 0 aliphatic rings. The van der Waals surface area contributed by atoms with Crippen molar-refractivity contribution in [3.8, 4) is 11.5 Å². The Hall–Kier alpha value is -2.26. The maximum absolute atomic E-state index is 12.7. The smallest absolute Gasteiger partial charge is 0.416 e. The van der Waals surface area contributed by atoms with Crippen LogP contribution in [-0.4, -0.2) is 26.1 Å². The van der Waals surface area contributed by atoms with Crippen LogP contribution in [0.15, 0.2) is 45.9 Å². The van der Waals surface area contributed by atoms with Gasteiger partial charge in [-0.3, -0.25) is 0 Å². The van der Waals surface area contributed by atoms with Crippen molar-refractivity contribution in [3.63, 3.8) is 0 Å². The van der Waals surface area contributed by atoms with Gasteiger partial charge in [-0.25, -0.2) is 4.79 Å². The minimum absolute atomic E-state index is 0.0187. The number of urea groups is 1. The number of nitrogens with one attached hydrogen (secondary N) is 1. The molecule has 0 aliphatic heterocycles. The summed E-state index contributed by atoms with van der Waals surface area (Å²) in [5.41, 5.74) is -0.475. The molecule has 27 heavy (non-hydrogen) atoms. The van der Waals surface area contributed by atoms with Crippen molar-refractivity contribution >= 4 is 39.5 Å². The maximum atomic E-state index is 12.7. The quantitative estimate of drug-likeness (QED) is 0.471. The van der Waals surface area contributed by atoms with Crippen molar-refractivity contribution < 1.29 is 27.4 Å². The molecule has 0 bridgehead atoms. The highest BCUT2D eigenvalue weighted by Crippen LogP contribution is 2.37. The second kappa shape index (κ2) is 8.62. The van der Waals surface area contributed by atoms with Crippen LogP contribution in [-0.2, 0) is 10.9 Å². The van der Waals surface area contributed by atoms with Gasteiger partial charge in [-0.05, 0) is 52.3 Å². The molecule has 0 unspecified atom stereocenters. The van der Waals surface area contributed by atoms with Crippen LogP contribution in [0, 0.1) is 0 Å². The molecule has 0 aliphatic carbocycles. The Kier molecular flexibility index (Phi) is 6.72. The average Bonchev–Trinajstić information content (AvgIpc) is 2.62. The normalized spacial score (nSPS) is 11.9. The van der Waals surface area contributed by atoms with Crippen LogP contribution in [0.2, 0.25) is 5.02 Å². The fourth-order valence-electron chi connectivity index (χ4n) is 1.98. The van der Waals surface area contributed by atoms with Crippen molar-refractivity contribution in [1.82, 2.24) is 5.32 Å². The molecule has 0 radical (unpaired) electrons. The standard InChI is InChI=1S/C17H13BrClF3N2O3/c1-23-16(25)24-15(26-2)11-8-10(4-5-12(11)18)27-14-6-3-9(7-13(14)19)17(20,21)22/h3-8H,1-2H3,(H,23,25). The Labute approximate surface area is 166 Å². The average molecular weight is 466 g/mol. The number of alkyl halides is 3. The molecule has 2 rings (SSSR count). The second-order valence-electron chi connectivity index (χ2n) is 5.06. The highest BCUT2D eigenvalue weighted by molar-refractivity contribution is 9.10. The SMILES string of the molecule is CNC(=O)N=C(OC)c1cc(Oc2ccc(C(F)(F)F)cc2Cl)ccc1Br. The summed E-state index contributed by atoms with van der Waals surface area (Å²) in [5, 5.41) is 2.14. The minimum atomic E-state index is -4.50. The van der Waals surface area contributed by atoms with E-state index in [1.165, 1.54) is 20.2 Å². The van der Waals surface area contributed by atoms with Crippen LogP contribution in [0.5, 0.6) is 11.5 Å². The summed E-state index contributed by atoms with van der Waals surface area (Å²) in [4.78, 5) is 15.2. The number of hydrogen-bond donors (Lipinski definition) is 1. The Balaban J connectivity index is 2.36. The van der Waals surface area contributed by atoms with E-state index in [-0.39, 0.29) is 22.4 Å². The lowest BCUT2D eigenvalue weighted by Crippen LogP contribution is -2.17. The van der Waals surface area contributed by atoms with E-state index in [4.69, 9.17) is 21.1 Å². The van der Waals surface area contributed by atoms with Gasteiger partial charge in [0.05, 0.1) is 23.3 Å². The largest absolute Gasteiger partial charge is 0.480 e. The fourth-order valence-corrected chi connectivity index (χ4v) is 2.62. The maximum Gasteiger partial charge on any atom is 0.416 e. The summed E-state index contributed by atoms with van der Waals surface area (Å²) in [6.45, 7) is 0. The third-order valence-corrected chi connectivity index (χ3v) is 4.25. The lowest BCUT2D eigenvalue weighted by molar-refractivity contribution is -0.137. The molecule has 0 fully saturated rings. The minimum Gasteiger partial charge on any atom is -0.480 e. The number of amides is 2. The van der Waals surface area contributed by atoms with Crippen molar-refractivity contribution in [2.75, 3.05) is 14.2 Å². The number of aliphatic imine (C=N–C) groups is 1. The zero-order valence-electron chi connectivity index (χ0n) is 14.0. The molecule has 5 nitrogen and oxygen atoms in total. The highest BCUT2D eigenvalue weighted by Gasteiger charge is 2.31. The lowest BCUT2D eigenvalue weighted by Gasteiger charge is -2.13. The van der Waals surface area contributed by atoms with Crippen molar-refractivity contribution in [3.05, 3.63) is 57.0 Å². The Bertz CT molecular complexity index is 888. The molecule has 0 spiro atoms. The molecular weight excluding hydrogens is 453 g/mol. The van der Waals surface area contributed by atoms with Crippen LogP contribution < -0.4 is 10.1 Å². The zero-order chi connectivity index (χ0) is 20.2. The first-order chi connectivity index (χ1) is 12.7. The third kappa shape index (κ3) is 5.36. The summed E-state index contributed by atoms with van der Waals surface area (Å²) < 4.78 is 49.4. The number of rotatable bonds is 3. The van der Waals surface area contributed by atoms with Crippen molar-refractivity contribution in [2.24, 2.45) is 4.99 Å². The van der Waals surface area contributed by atoms with Gasteiger partial charge in [0.1, 0.15) is 11.5 Å². The number of benzene rings is 2. The molecule has 0 heterocycles. The van der Waals surface area contributed by atoms with E-state index < -0.39 is 17.8 Å². The van der Waals surface area contributed by atoms with Crippen LogP contribution in [0.3, 0.4) is 0 Å². The molecule has 0 aromatic heterocycles.